The van der Waals surface area contributed by atoms with Crippen molar-refractivity contribution in [3.63, 3.8) is 0 Å². The number of halogens is 1. The third-order valence-corrected chi connectivity index (χ3v) is 5.00. The van der Waals surface area contributed by atoms with Gasteiger partial charge in [-0.3, -0.25) is 9.36 Å². The highest BCUT2D eigenvalue weighted by Crippen LogP contribution is 2.27. The molecule has 4 rings (SSSR count). The molecule has 1 heterocycles. The normalized spacial score (nSPS) is 11.1. The lowest BCUT2D eigenvalue weighted by Gasteiger charge is -2.17. The number of para-hydroxylation sites is 3. The zero-order valence-electron chi connectivity index (χ0n) is 17.4. The summed E-state index contributed by atoms with van der Waals surface area (Å²) >= 11 is 6.05. The summed E-state index contributed by atoms with van der Waals surface area (Å²) in [4.78, 5) is 18.0. The first-order chi connectivity index (χ1) is 15.0. The molecular formula is C25H23ClN2O3. The number of ether oxygens (including phenoxy) is 2. The largest absolute Gasteiger partial charge is 0.488 e. The maximum atomic E-state index is 13.3. The molecule has 5 nitrogen and oxygen atoms in total. The SMILES string of the molecule is CC(C)Oc1ccccc1OCCn1c(-c2ccc(Cl)cc2)nc2ccccc2c1=O. The summed E-state index contributed by atoms with van der Waals surface area (Å²) in [5, 5.41) is 1.20. The van der Waals surface area contributed by atoms with Gasteiger partial charge in [0.15, 0.2) is 11.5 Å². The monoisotopic (exact) mass is 434 g/mol. The van der Waals surface area contributed by atoms with Gasteiger partial charge in [0.25, 0.3) is 5.56 Å². The second-order valence-corrected chi connectivity index (χ2v) is 7.81. The van der Waals surface area contributed by atoms with Crippen LogP contribution in [0.2, 0.25) is 5.02 Å². The molecule has 0 spiro atoms. The Morgan fingerprint density at radius 2 is 1.61 bits per heavy atom. The van der Waals surface area contributed by atoms with Gasteiger partial charge < -0.3 is 9.47 Å². The van der Waals surface area contributed by atoms with Crippen molar-refractivity contribution in [3.8, 4) is 22.9 Å². The fourth-order valence-electron chi connectivity index (χ4n) is 3.36. The predicted octanol–water partition coefficient (Wildman–Crippen LogP) is 5.58. The summed E-state index contributed by atoms with van der Waals surface area (Å²) in [6.45, 7) is 4.56. The van der Waals surface area contributed by atoms with Crippen LogP contribution in [0.4, 0.5) is 0 Å². The van der Waals surface area contributed by atoms with Gasteiger partial charge in [0.2, 0.25) is 0 Å². The lowest BCUT2D eigenvalue weighted by atomic mass is 10.2. The highest BCUT2D eigenvalue weighted by Gasteiger charge is 2.14. The molecule has 0 unspecified atom stereocenters. The van der Waals surface area contributed by atoms with Gasteiger partial charge >= 0.3 is 0 Å². The number of benzene rings is 3. The number of aromatic nitrogens is 2. The summed E-state index contributed by atoms with van der Waals surface area (Å²) in [7, 11) is 0. The van der Waals surface area contributed by atoms with Gasteiger partial charge in [0.1, 0.15) is 12.4 Å². The summed E-state index contributed by atoms with van der Waals surface area (Å²) in [5.74, 6) is 1.90. The lowest BCUT2D eigenvalue weighted by molar-refractivity contribution is 0.218. The molecule has 0 amide bonds. The first-order valence-electron chi connectivity index (χ1n) is 10.2. The molecule has 6 heteroatoms. The summed E-state index contributed by atoms with van der Waals surface area (Å²) < 4.78 is 13.5. The molecule has 0 radical (unpaired) electrons. The Hall–Kier alpha value is -3.31. The van der Waals surface area contributed by atoms with E-state index < -0.39 is 0 Å². The minimum Gasteiger partial charge on any atom is -0.488 e. The van der Waals surface area contributed by atoms with Crippen LogP contribution in [0.25, 0.3) is 22.3 Å². The Morgan fingerprint density at radius 1 is 0.935 bits per heavy atom. The van der Waals surface area contributed by atoms with E-state index in [0.29, 0.717) is 46.4 Å². The van der Waals surface area contributed by atoms with Gasteiger partial charge in [-0.05, 0) is 62.4 Å². The third kappa shape index (κ3) is 4.72. The maximum absolute atomic E-state index is 13.3. The summed E-state index contributed by atoms with van der Waals surface area (Å²) in [6, 6.07) is 22.2. The van der Waals surface area contributed by atoms with E-state index in [2.05, 4.69) is 0 Å². The molecule has 0 bridgehead atoms. The Morgan fingerprint density at radius 3 is 2.35 bits per heavy atom. The van der Waals surface area contributed by atoms with Crippen molar-refractivity contribution in [2.75, 3.05) is 6.61 Å². The zero-order chi connectivity index (χ0) is 21.8. The van der Waals surface area contributed by atoms with Crippen molar-refractivity contribution in [2.45, 2.75) is 26.5 Å². The van der Waals surface area contributed by atoms with Gasteiger partial charge in [-0.25, -0.2) is 4.98 Å². The number of nitrogens with zero attached hydrogens (tertiary/aromatic N) is 2. The molecule has 3 aromatic carbocycles. The molecule has 0 aliphatic carbocycles. The fraction of sp³-hybridized carbons (Fsp3) is 0.200. The van der Waals surface area contributed by atoms with Crippen molar-refractivity contribution in [1.29, 1.82) is 0 Å². The van der Waals surface area contributed by atoms with Crippen LogP contribution in [0.15, 0.2) is 77.6 Å². The lowest BCUT2D eigenvalue weighted by Crippen LogP contribution is -2.26. The molecule has 1 aromatic heterocycles. The topological polar surface area (TPSA) is 53.4 Å². The molecule has 0 aliphatic heterocycles. The van der Waals surface area contributed by atoms with E-state index in [-0.39, 0.29) is 11.7 Å². The van der Waals surface area contributed by atoms with Gasteiger partial charge in [-0.15, -0.1) is 0 Å². The fourth-order valence-corrected chi connectivity index (χ4v) is 3.49. The number of hydrogen-bond donors (Lipinski definition) is 0. The Balaban J connectivity index is 1.67. The van der Waals surface area contributed by atoms with Crippen LogP contribution >= 0.6 is 11.6 Å². The number of fused-ring (bicyclic) bond motifs is 1. The summed E-state index contributed by atoms with van der Waals surface area (Å²) in [5.41, 5.74) is 1.37. The van der Waals surface area contributed by atoms with E-state index in [4.69, 9.17) is 26.1 Å². The van der Waals surface area contributed by atoms with E-state index in [1.165, 1.54) is 0 Å². The van der Waals surface area contributed by atoms with Crippen LogP contribution < -0.4 is 15.0 Å². The maximum Gasteiger partial charge on any atom is 0.261 e. The highest BCUT2D eigenvalue weighted by atomic mass is 35.5. The van der Waals surface area contributed by atoms with Crippen LogP contribution in [0, 0.1) is 0 Å². The van der Waals surface area contributed by atoms with E-state index >= 15 is 0 Å². The molecule has 158 valence electrons. The van der Waals surface area contributed by atoms with Crippen LogP contribution in [0.3, 0.4) is 0 Å². The number of rotatable bonds is 7. The standard InChI is InChI=1S/C25H23ClN2O3/c1-17(2)31-23-10-6-5-9-22(23)30-16-15-28-24(18-11-13-19(26)14-12-18)27-21-8-4-3-7-20(21)25(28)29/h3-14,17H,15-16H2,1-2H3. The first-order valence-corrected chi connectivity index (χ1v) is 10.5. The third-order valence-electron chi connectivity index (χ3n) is 4.75. The minimum atomic E-state index is -0.106. The van der Waals surface area contributed by atoms with Crippen molar-refractivity contribution >= 4 is 22.5 Å². The average molecular weight is 435 g/mol. The van der Waals surface area contributed by atoms with Gasteiger partial charge in [0, 0.05) is 10.6 Å². The van der Waals surface area contributed by atoms with Crippen LogP contribution in [-0.2, 0) is 6.54 Å². The molecule has 0 saturated carbocycles. The van der Waals surface area contributed by atoms with Gasteiger partial charge in [-0.1, -0.05) is 35.9 Å². The molecule has 0 atom stereocenters. The smallest absolute Gasteiger partial charge is 0.261 e. The Labute approximate surface area is 185 Å². The molecular weight excluding hydrogens is 412 g/mol. The second kappa shape index (κ2) is 9.23. The molecule has 31 heavy (non-hydrogen) atoms. The zero-order valence-corrected chi connectivity index (χ0v) is 18.2. The molecule has 4 aromatic rings. The highest BCUT2D eigenvalue weighted by molar-refractivity contribution is 6.30. The van der Waals surface area contributed by atoms with Crippen molar-refractivity contribution in [3.05, 3.63) is 88.2 Å². The van der Waals surface area contributed by atoms with Crippen molar-refractivity contribution < 1.29 is 9.47 Å². The van der Waals surface area contributed by atoms with Gasteiger partial charge in [-0.2, -0.15) is 0 Å². The average Bonchev–Trinajstić information content (AvgIpc) is 2.76. The molecule has 0 N–H and O–H groups in total. The predicted molar refractivity (Wildman–Crippen MR) is 124 cm³/mol. The van der Waals surface area contributed by atoms with Crippen LogP contribution in [-0.4, -0.2) is 22.3 Å². The van der Waals surface area contributed by atoms with E-state index in [1.54, 1.807) is 22.8 Å². The first kappa shape index (κ1) is 20.9. The molecule has 0 fully saturated rings. The van der Waals surface area contributed by atoms with E-state index in [9.17, 15) is 4.79 Å². The quantitative estimate of drug-likeness (QED) is 0.381. The molecule has 0 saturated heterocycles. The molecule has 0 aliphatic rings. The van der Waals surface area contributed by atoms with Crippen LogP contribution in [0.1, 0.15) is 13.8 Å². The van der Waals surface area contributed by atoms with Crippen molar-refractivity contribution in [1.82, 2.24) is 9.55 Å². The van der Waals surface area contributed by atoms with E-state index in [1.807, 2.05) is 68.4 Å². The van der Waals surface area contributed by atoms with Crippen molar-refractivity contribution in [2.24, 2.45) is 0 Å². The summed E-state index contributed by atoms with van der Waals surface area (Å²) in [6.07, 6.45) is 0.0357. The minimum absolute atomic E-state index is 0.0357. The Bertz CT molecular complexity index is 1250. The number of hydrogen-bond acceptors (Lipinski definition) is 4. The second-order valence-electron chi connectivity index (χ2n) is 7.38. The van der Waals surface area contributed by atoms with E-state index in [0.717, 1.165) is 5.56 Å². The Kier molecular flexibility index (Phi) is 6.23. The van der Waals surface area contributed by atoms with Gasteiger partial charge in [0.05, 0.1) is 23.6 Å². The van der Waals surface area contributed by atoms with Crippen LogP contribution in [0.5, 0.6) is 11.5 Å².